The average Bonchev–Trinajstić information content (AvgIpc) is 2.85. The van der Waals surface area contributed by atoms with Crippen molar-refractivity contribution in [2.75, 3.05) is 13.2 Å². The Labute approximate surface area is 113 Å². The predicted molar refractivity (Wildman–Crippen MR) is 72.3 cm³/mol. The second kappa shape index (κ2) is 6.36. The number of nitrogens with one attached hydrogen (secondary N) is 1. The average molecular weight is 325 g/mol. The molecule has 90 valence electrons. The number of thiophene rings is 1. The predicted octanol–water partition coefficient (Wildman–Crippen LogP) is 3.82. The zero-order valence-corrected chi connectivity index (χ0v) is 12.1. The van der Waals surface area contributed by atoms with E-state index in [0.717, 1.165) is 34.9 Å². The highest BCUT2D eigenvalue weighted by atomic mass is 79.9. The quantitative estimate of drug-likeness (QED) is 0.831. The molecule has 1 N–H and O–H groups in total. The molecule has 0 aromatic carbocycles. The van der Waals surface area contributed by atoms with E-state index >= 15 is 0 Å². The van der Waals surface area contributed by atoms with E-state index in [-0.39, 0.29) is 0 Å². The first-order chi connectivity index (χ1) is 7.75. The summed E-state index contributed by atoms with van der Waals surface area (Å²) in [7, 11) is 0. The Morgan fingerprint density at radius 2 is 2.50 bits per heavy atom. The third-order valence-electron chi connectivity index (χ3n) is 2.66. The van der Waals surface area contributed by atoms with E-state index in [0.29, 0.717) is 6.10 Å². The summed E-state index contributed by atoms with van der Waals surface area (Å²) in [5, 5.41) is 3.42. The van der Waals surface area contributed by atoms with Crippen molar-refractivity contribution in [2.24, 2.45) is 0 Å². The molecule has 0 radical (unpaired) electrons. The largest absolute Gasteiger partial charge is 0.378 e. The summed E-state index contributed by atoms with van der Waals surface area (Å²) in [5.74, 6) is 0. The van der Waals surface area contributed by atoms with Gasteiger partial charge in [0.2, 0.25) is 0 Å². The van der Waals surface area contributed by atoms with Crippen LogP contribution in [0.5, 0.6) is 0 Å². The number of rotatable bonds is 5. The van der Waals surface area contributed by atoms with E-state index in [2.05, 4.69) is 27.3 Å². The van der Waals surface area contributed by atoms with Gasteiger partial charge in [-0.1, -0.05) is 11.6 Å². The topological polar surface area (TPSA) is 21.3 Å². The summed E-state index contributed by atoms with van der Waals surface area (Å²) >= 11 is 11.0. The fraction of sp³-hybridized carbons (Fsp3) is 0.636. The maximum Gasteiger partial charge on any atom is 0.107 e. The smallest absolute Gasteiger partial charge is 0.107 e. The van der Waals surface area contributed by atoms with Crippen molar-refractivity contribution >= 4 is 38.9 Å². The molecule has 0 spiro atoms. The number of hydrogen-bond acceptors (Lipinski definition) is 3. The fourth-order valence-corrected chi connectivity index (χ4v) is 3.59. The molecule has 5 heteroatoms. The molecule has 1 aliphatic rings. The molecule has 2 rings (SSSR count). The van der Waals surface area contributed by atoms with Crippen LogP contribution < -0.4 is 5.32 Å². The van der Waals surface area contributed by atoms with Gasteiger partial charge in [-0.2, -0.15) is 0 Å². The van der Waals surface area contributed by atoms with Gasteiger partial charge in [-0.25, -0.2) is 0 Å². The minimum absolute atomic E-state index is 0.478. The summed E-state index contributed by atoms with van der Waals surface area (Å²) < 4.78 is 7.39. The molecule has 1 saturated heterocycles. The summed E-state index contributed by atoms with van der Waals surface area (Å²) in [5.41, 5.74) is 0. The van der Waals surface area contributed by atoms with E-state index in [1.54, 1.807) is 11.3 Å². The minimum Gasteiger partial charge on any atom is -0.378 e. The Kier molecular flexibility index (Phi) is 5.10. The highest BCUT2D eigenvalue weighted by molar-refractivity contribution is 9.10. The molecule has 1 aromatic rings. The molecule has 0 aliphatic carbocycles. The van der Waals surface area contributed by atoms with Gasteiger partial charge in [0.25, 0.3) is 0 Å². The molecular formula is C11H15BrClNOS. The van der Waals surface area contributed by atoms with Crippen LogP contribution in [-0.4, -0.2) is 19.3 Å². The Hall–Kier alpha value is 0.390. The first-order valence-corrected chi connectivity index (χ1v) is 7.50. The van der Waals surface area contributed by atoms with Gasteiger partial charge in [0.1, 0.15) is 4.34 Å². The van der Waals surface area contributed by atoms with E-state index in [9.17, 15) is 0 Å². The lowest BCUT2D eigenvalue weighted by atomic mass is 10.2. The summed E-state index contributed by atoms with van der Waals surface area (Å²) in [6.45, 7) is 2.85. The zero-order chi connectivity index (χ0) is 11.4. The van der Waals surface area contributed by atoms with Crippen LogP contribution in [0.1, 0.15) is 24.1 Å². The van der Waals surface area contributed by atoms with Crippen molar-refractivity contribution in [3.05, 3.63) is 19.8 Å². The number of hydrogen-bond donors (Lipinski definition) is 1. The van der Waals surface area contributed by atoms with Crippen molar-refractivity contribution in [2.45, 2.75) is 31.9 Å². The molecule has 2 heterocycles. The monoisotopic (exact) mass is 323 g/mol. The third-order valence-corrected chi connectivity index (χ3v) is 5.14. The third kappa shape index (κ3) is 3.70. The van der Waals surface area contributed by atoms with Gasteiger partial charge in [-0.3, -0.25) is 0 Å². The van der Waals surface area contributed by atoms with Gasteiger partial charge in [0.05, 0.1) is 6.10 Å². The van der Waals surface area contributed by atoms with Crippen molar-refractivity contribution in [1.82, 2.24) is 5.32 Å². The van der Waals surface area contributed by atoms with Crippen LogP contribution in [0, 0.1) is 0 Å². The lowest BCUT2D eigenvalue weighted by Gasteiger charge is -2.09. The van der Waals surface area contributed by atoms with Gasteiger partial charge in [-0.15, -0.1) is 11.3 Å². The van der Waals surface area contributed by atoms with Crippen LogP contribution in [0.25, 0.3) is 0 Å². The van der Waals surface area contributed by atoms with Crippen LogP contribution in [-0.2, 0) is 11.3 Å². The Morgan fingerprint density at radius 3 is 3.12 bits per heavy atom. The second-order valence-corrected chi connectivity index (χ2v) is 6.53. The van der Waals surface area contributed by atoms with Crippen LogP contribution in [0.4, 0.5) is 0 Å². The van der Waals surface area contributed by atoms with Gasteiger partial charge in [0, 0.05) is 22.5 Å². The van der Waals surface area contributed by atoms with Crippen molar-refractivity contribution in [1.29, 1.82) is 0 Å². The highest BCUT2D eigenvalue weighted by Crippen LogP contribution is 2.31. The second-order valence-electron chi connectivity index (χ2n) is 3.93. The molecule has 1 aromatic heterocycles. The number of ether oxygens (including phenoxy) is 1. The summed E-state index contributed by atoms with van der Waals surface area (Å²) in [6.07, 6.45) is 4.03. The molecule has 16 heavy (non-hydrogen) atoms. The van der Waals surface area contributed by atoms with Gasteiger partial charge >= 0.3 is 0 Å². The van der Waals surface area contributed by atoms with E-state index in [4.69, 9.17) is 16.3 Å². The molecule has 0 bridgehead atoms. The van der Waals surface area contributed by atoms with Crippen molar-refractivity contribution < 1.29 is 4.74 Å². The molecule has 2 nitrogen and oxygen atoms in total. The lowest BCUT2D eigenvalue weighted by Crippen LogP contribution is -2.19. The Morgan fingerprint density at radius 1 is 1.62 bits per heavy atom. The van der Waals surface area contributed by atoms with Crippen LogP contribution >= 0.6 is 38.9 Å². The maximum absolute atomic E-state index is 5.97. The fourth-order valence-electron chi connectivity index (χ4n) is 1.83. The van der Waals surface area contributed by atoms with Crippen LogP contribution in [0.2, 0.25) is 4.34 Å². The molecule has 0 saturated carbocycles. The first kappa shape index (κ1) is 12.8. The highest BCUT2D eigenvalue weighted by Gasteiger charge is 2.14. The lowest BCUT2D eigenvalue weighted by molar-refractivity contribution is 0.104. The Balaban J connectivity index is 1.64. The van der Waals surface area contributed by atoms with Gasteiger partial charge < -0.3 is 10.1 Å². The normalized spacial score (nSPS) is 20.5. The van der Waals surface area contributed by atoms with Crippen molar-refractivity contribution in [3.8, 4) is 0 Å². The summed E-state index contributed by atoms with van der Waals surface area (Å²) in [6, 6.07) is 2.08. The standard InChI is InChI=1S/C11H15BrClNOS/c12-10-6-9(16-11(10)13)7-14-4-3-8-2-1-5-15-8/h6,8,14H,1-5,7H2. The van der Waals surface area contributed by atoms with Crippen LogP contribution in [0.15, 0.2) is 10.5 Å². The molecule has 1 fully saturated rings. The van der Waals surface area contributed by atoms with E-state index < -0.39 is 0 Å². The molecule has 1 atom stereocenters. The van der Waals surface area contributed by atoms with E-state index in [1.807, 2.05) is 0 Å². The van der Waals surface area contributed by atoms with Gasteiger partial charge in [-0.05, 0) is 47.8 Å². The molecule has 0 amide bonds. The van der Waals surface area contributed by atoms with E-state index in [1.165, 1.54) is 17.7 Å². The van der Waals surface area contributed by atoms with Crippen molar-refractivity contribution in [3.63, 3.8) is 0 Å². The zero-order valence-electron chi connectivity index (χ0n) is 8.97. The summed E-state index contributed by atoms with van der Waals surface area (Å²) in [4.78, 5) is 1.27. The van der Waals surface area contributed by atoms with Crippen LogP contribution in [0.3, 0.4) is 0 Å². The maximum atomic E-state index is 5.97. The molecular weight excluding hydrogens is 310 g/mol. The first-order valence-electron chi connectivity index (χ1n) is 5.52. The van der Waals surface area contributed by atoms with Gasteiger partial charge in [0.15, 0.2) is 0 Å². The Bertz CT molecular complexity index is 319. The minimum atomic E-state index is 0.478. The molecule has 1 unspecified atom stereocenters. The molecule has 1 aliphatic heterocycles. The number of halogens is 2. The SMILES string of the molecule is Clc1sc(CNCCC2CCCO2)cc1Br.